The lowest BCUT2D eigenvalue weighted by Crippen LogP contribution is -2.45. The lowest BCUT2D eigenvalue weighted by atomic mass is 9.93. The van der Waals surface area contributed by atoms with Crippen LogP contribution in [0.15, 0.2) is 35.6 Å². The van der Waals surface area contributed by atoms with Crippen molar-refractivity contribution in [1.82, 2.24) is 4.90 Å². The molecular formula is C15H23NO. The molecule has 2 aliphatic rings. The summed E-state index contributed by atoms with van der Waals surface area (Å²) in [6.07, 6.45) is 8.79. The fourth-order valence-electron chi connectivity index (χ4n) is 1.95. The van der Waals surface area contributed by atoms with Crippen molar-refractivity contribution in [2.75, 3.05) is 13.3 Å². The monoisotopic (exact) mass is 233 g/mol. The molecule has 0 fully saturated rings. The molecule has 17 heavy (non-hydrogen) atoms. The Bertz CT molecular complexity index is 394. The molecule has 2 rings (SSSR count). The van der Waals surface area contributed by atoms with Crippen LogP contribution in [0.25, 0.3) is 0 Å². The maximum Gasteiger partial charge on any atom is 0.142 e. The second kappa shape index (κ2) is 4.02. The molecule has 2 heteroatoms. The molecule has 0 amide bonds. The summed E-state index contributed by atoms with van der Waals surface area (Å²) in [5.41, 5.74) is 1.55. The van der Waals surface area contributed by atoms with Crippen LogP contribution in [0.2, 0.25) is 0 Å². The molecule has 0 saturated heterocycles. The summed E-state index contributed by atoms with van der Waals surface area (Å²) in [5.74, 6) is 1.03. The fourth-order valence-corrected chi connectivity index (χ4v) is 1.95. The van der Waals surface area contributed by atoms with Gasteiger partial charge in [0.25, 0.3) is 0 Å². The minimum Gasteiger partial charge on any atom is -0.478 e. The van der Waals surface area contributed by atoms with E-state index in [1.807, 2.05) is 0 Å². The van der Waals surface area contributed by atoms with Crippen LogP contribution in [0.1, 0.15) is 34.6 Å². The van der Waals surface area contributed by atoms with Crippen molar-refractivity contribution >= 4 is 0 Å². The van der Waals surface area contributed by atoms with E-state index in [2.05, 4.69) is 63.8 Å². The molecule has 0 aromatic carbocycles. The van der Waals surface area contributed by atoms with Gasteiger partial charge in [0, 0.05) is 23.1 Å². The quantitative estimate of drug-likeness (QED) is 0.635. The van der Waals surface area contributed by atoms with E-state index in [0.717, 1.165) is 12.3 Å². The molecule has 0 N–H and O–H groups in total. The fraction of sp³-hybridized carbons (Fsp3) is 0.600. The second-order valence-corrected chi connectivity index (χ2v) is 6.52. The van der Waals surface area contributed by atoms with Crippen LogP contribution >= 0.6 is 0 Å². The van der Waals surface area contributed by atoms with Gasteiger partial charge in [-0.15, -0.1) is 0 Å². The molecular weight excluding hydrogens is 210 g/mol. The first-order valence-corrected chi connectivity index (χ1v) is 6.27. The largest absolute Gasteiger partial charge is 0.478 e. The summed E-state index contributed by atoms with van der Waals surface area (Å²) < 4.78 is 5.86. The molecule has 0 atom stereocenters. The van der Waals surface area contributed by atoms with Crippen LogP contribution in [-0.2, 0) is 4.74 Å². The maximum absolute atomic E-state index is 5.86. The topological polar surface area (TPSA) is 12.5 Å². The van der Waals surface area contributed by atoms with Crippen molar-refractivity contribution < 1.29 is 4.74 Å². The summed E-state index contributed by atoms with van der Waals surface area (Å²) in [7, 11) is 0. The average Bonchev–Trinajstić information content (AvgIpc) is 2.36. The van der Waals surface area contributed by atoms with Gasteiger partial charge in [0.15, 0.2) is 0 Å². The van der Waals surface area contributed by atoms with Crippen molar-refractivity contribution in [2.45, 2.75) is 40.2 Å². The minimum absolute atomic E-state index is 0.118. The predicted molar refractivity (Wildman–Crippen MR) is 71.5 cm³/mol. The zero-order valence-electron chi connectivity index (χ0n) is 11.6. The summed E-state index contributed by atoms with van der Waals surface area (Å²) in [5, 5.41) is 0. The van der Waals surface area contributed by atoms with Crippen LogP contribution in [0.5, 0.6) is 0 Å². The van der Waals surface area contributed by atoms with E-state index in [4.69, 9.17) is 4.74 Å². The van der Waals surface area contributed by atoms with E-state index in [-0.39, 0.29) is 11.0 Å². The average molecular weight is 233 g/mol. The van der Waals surface area contributed by atoms with Crippen LogP contribution in [0, 0.1) is 5.41 Å². The standard InChI is InChI=1S/C15H23NO/c1-14(2,3)16-10-12-6-8-15(4,5)9-7-13(12)17-11-16/h6-9H,10-11H2,1-5H3. The molecule has 0 spiro atoms. The van der Waals surface area contributed by atoms with Crippen LogP contribution in [0.4, 0.5) is 0 Å². The van der Waals surface area contributed by atoms with Crippen LogP contribution in [0.3, 0.4) is 0 Å². The van der Waals surface area contributed by atoms with Crippen LogP contribution < -0.4 is 0 Å². The molecule has 0 aromatic heterocycles. The van der Waals surface area contributed by atoms with Crippen molar-refractivity contribution in [2.24, 2.45) is 5.41 Å². The highest BCUT2D eigenvalue weighted by atomic mass is 16.5. The van der Waals surface area contributed by atoms with E-state index in [1.54, 1.807) is 0 Å². The number of ether oxygens (including phenoxy) is 1. The highest BCUT2D eigenvalue weighted by Gasteiger charge is 2.27. The smallest absolute Gasteiger partial charge is 0.142 e. The van der Waals surface area contributed by atoms with Gasteiger partial charge in [-0.1, -0.05) is 32.1 Å². The minimum atomic E-state index is 0.118. The molecule has 94 valence electrons. The van der Waals surface area contributed by atoms with Gasteiger partial charge in [-0.2, -0.15) is 0 Å². The van der Waals surface area contributed by atoms with E-state index in [9.17, 15) is 0 Å². The van der Waals surface area contributed by atoms with Gasteiger partial charge in [0.1, 0.15) is 12.5 Å². The number of hydrogen-bond donors (Lipinski definition) is 0. The predicted octanol–water partition coefficient (Wildman–Crippen LogP) is 3.48. The normalized spacial score (nSPS) is 24.3. The lowest BCUT2D eigenvalue weighted by molar-refractivity contribution is 0.00635. The third-order valence-corrected chi connectivity index (χ3v) is 3.38. The Labute approximate surface area is 105 Å². The highest BCUT2D eigenvalue weighted by molar-refractivity contribution is 5.37. The van der Waals surface area contributed by atoms with Gasteiger partial charge in [0.05, 0.1) is 0 Å². The Kier molecular flexibility index (Phi) is 2.94. The first-order valence-electron chi connectivity index (χ1n) is 6.27. The molecule has 0 unspecified atom stereocenters. The Hall–Kier alpha value is -1.02. The maximum atomic E-state index is 5.86. The molecule has 0 saturated carbocycles. The van der Waals surface area contributed by atoms with E-state index in [1.165, 1.54) is 5.57 Å². The SMILES string of the molecule is CC1(C)C=CC2=C(C=C1)OCN(C(C)(C)C)C2. The summed E-state index contributed by atoms with van der Waals surface area (Å²) >= 11 is 0. The van der Waals surface area contributed by atoms with Crippen molar-refractivity contribution in [3.8, 4) is 0 Å². The summed E-state index contributed by atoms with van der Waals surface area (Å²) in [6.45, 7) is 12.7. The molecule has 0 aromatic rings. The van der Waals surface area contributed by atoms with Crippen LogP contribution in [-0.4, -0.2) is 23.7 Å². The van der Waals surface area contributed by atoms with Gasteiger partial charge in [-0.25, -0.2) is 0 Å². The van der Waals surface area contributed by atoms with Gasteiger partial charge in [-0.05, 0) is 26.8 Å². The number of allylic oxidation sites excluding steroid dienone is 3. The van der Waals surface area contributed by atoms with Gasteiger partial charge < -0.3 is 4.74 Å². The van der Waals surface area contributed by atoms with Gasteiger partial charge >= 0.3 is 0 Å². The molecule has 1 aliphatic carbocycles. The Morgan fingerprint density at radius 2 is 1.82 bits per heavy atom. The Balaban J connectivity index is 2.23. The van der Waals surface area contributed by atoms with Gasteiger partial charge in [0.2, 0.25) is 0 Å². The van der Waals surface area contributed by atoms with Crippen molar-refractivity contribution in [3.63, 3.8) is 0 Å². The van der Waals surface area contributed by atoms with Gasteiger partial charge in [-0.3, -0.25) is 4.90 Å². The number of rotatable bonds is 0. The molecule has 0 bridgehead atoms. The molecule has 1 aliphatic heterocycles. The van der Waals surface area contributed by atoms with E-state index >= 15 is 0 Å². The Morgan fingerprint density at radius 1 is 1.18 bits per heavy atom. The molecule has 2 nitrogen and oxygen atoms in total. The zero-order valence-corrected chi connectivity index (χ0v) is 11.6. The number of hydrogen-bond acceptors (Lipinski definition) is 2. The van der Waals surface area contributed by atoms with Crippen molar-refractivity contribution in [3.05, 3.63) is 35.6 Å². The zero-order chi connectivity index (χ0) is 12.7. The first kappa shape index (κ1) is 12.4. The number of nitrogens with zero attached hydrogens (tertiary/aromatic N) is 1. The molecule has 1 heterocycles. The third kappa shape index (κ3) is 2.81. The Morgan fingerprint density at radius 3 is 2.47 bits per heavy atom. The highest BCUT2D eigenvalue weighted by Crippen LogP contribution is 2.30. The second-order valence-electron chi connectivity index (χ2n) is 6.52. The van der Waals surface area contributed by atoms with Crippen molar-refractivity contribution in [1.29, 1.82) is 0 Å². The summed E-state index contributed by atoms with van der Waals surface area (Å²) in [6, 6.07) is 0. The van der Waals surface area contributed by atoms with E-state index < -0.39 is 0 Å². The third-order valence-electron chi connectivity index (χ3n) is 3.38. The van der Waals surface area contributed by atoms with E-state index in [0.29, 0.717) is 6.73 Å². The lowest BCUT2D eigenvalue weighted by Gasteiger charge is -2.38. The molecule has 0 radical (unpaired) electrons. The summed E-state index contributed by atoms with van der Waals surface area (Å²) in [4.78, 5) is 2.35. The first-order chi connectivity index (χ1) is 7.78.